The summed E-state index contributed by atoms with van der Waals surface area (Å²) in [5.74, 6) is 0. The van der Waals surface area contributed by atoms with Crippen molar-refractivity contribution in [3.05, 3.63) is 0 Å². The van der Waals surface area contributed by atoms with Gasteiger partial charge in [-0.1, -0.05) is 30.7 Å². The quantitative estimate of drug-likeness (QED) is 0.614. The largest absolute Gasteiger partial charge is 0.196 e. The van der Waals surface area contributed by atoms with E-state index in [1.165, 1.54) is 15.8 Å². The molecule has 66 valence electrons. The topological polar surface area (TPSA) is 0 Å². The summed E-state index contributed by atoms with van der Waals surface area (Å²) in [6.45, 7) is 5.27. The summed E-state index contributed by atoms with van der Waals surface area (Å²) in [4.78, 5) is 0. The highest BCUT2D eigenvalue weighted by atomic mass is 32.4. The van der Waals surface area contributed by atoms with Crippen molar-refractivity contribution in [3.8, 4) is 0 Å². The van der Waals surface area contributed by atoms with Crippen LogP contribution in [0.2, 0.25) is 30.7 Å². The highest BCUT2D eigenvalue weighted by Gasteiger charge is 2.44. The molecule has 11 heavy (non-hydrogen) atoms. The third-order valence-electron chi connectivity index (χ3n) is 3.35. The van der Waals surface area contributed by atoms with E-state index in [9.17, 15) is 0 Å². The Balaban J connectivity index is 2.67. The molecule has 0 nitrogen and oxygen atoms in total. The lowest BCUT2D eigenvalue weighted by Gasteiger charge is -2.26. The van der Waals surface area contributed by atoms with Gasteiger partial charge in [-0.05, 0) is 6.26 Å². The van der Waals surface area contributed by atoms with E-state index >= 15 is 0 Å². The molecular formula is C6H20SSi4. The molecule has 1 fully saturated rings. The maximum absolute atomic E-state index is 2.68. The molecule has 0 aromatic heterocycles. The first-order valence-electron chi connectivity index (χ1n) is 4.69. The summed E-state index contributed by atoms with van der Waals surface area (Å²) < 4.78 is 0. The fourth-order valence-corrected chi connectivity index (χ4v) is 45.7. The second-order valence-electron chi connectivity index (χ2n) is 4.07. The van der Waals surface area contributed by atoms with E-state index in [-0.39, 0.29) is 8.31 Å². The van der Waals surface area contributed by atoms with Crippen LogP contribution in [-0.4, -0.2) is 40.1 Å². The lowest BCUT2D eigenvalue weighted by atomic mass is 10.5. The Labute approximate surface area is 82.0 Å². The van der Waals surface area contributed by atoms with E-state index in [0.29, 0.717) is 9.04 Å². The molecule has 0 N–H and O–H groups in total. The molecule has 3 unspecified atom stereocenters. The first kappa shape index (κ1) is 10.3. The van der Waals surface area contributed by atoms with Crippen molar-refractivity contribution in [2.24, 2.45) is 0 Å². The minimum absolute atomic E-state index is 0.160. The Hall–Kier alpha value is 1.22. The molecule has 0 spiro atoms. The van der Waals surface area contributed by atoms with Crippen LogP contribution in [0.3, 0.4) is 0 Å². The third kappa shape index (κ3) is 1.93. The maximum Gasteiger partial charge on any atom is 0.0904 e. The van der Waals surface area contributed by atoms with Crippen LogP contribution in [0.25, 0.3) is 0 Å². The molecule has 0 radical (unpaired) electrons. The molecule has 0 aromatic carbocycles. The molecule has 0 bridgehead atoms. The van der Waals surface area contributed by atoms with Crippen LogP contribution >= 0.6 is 11.2 Å². The first-order chi connectivity index (χ1) is 5.14. The Morgan fingerprint density at radius 3 is 2.55 bits per heavy atom. The lowest BCUT2D eigenvalue weighted by Crippen LogP contribution is -2.46. The Morgan fingerprint density at radius 1 is 1.73 bits per heavy atom. The van der Waals surface area contributed by atoms with Crippen LogP contribution in [-0.2, 0) is 0 Å². The number of hydrogen-bond acceptors (Lipinski definition) is 1. The van der Waals surface area contributed by atoms with Gasteiger partial charge in [-0.25, -0.2) is 0 Å². The van der Waals surface area contributed by atoms with E-state index in [1.807, 2.05) is 0 Å². The Kier molecular flexibility index (Phi) is 3.70. The molecule has 0 saturated carbocycles. The van der Waals surface area contributed by atoms with Gasteiger partial charge in [0.25, 0.3) is 0 Å². The molecule has 1 aliphatic rings. The van der Waals surface area contributed by atoms with Gasteiger partial charge in [0.15, 0.2) is 0 Å². The van der Waals surface area contributed by atoms with E-state index in [1.54, 1.807) is 12.1 Å². The van der Waals surface area contributed by atoms with Gasteiger partial charge in [0.05, 0.1) is 6.26 Å². The van der Waals surface area contributed by atoms with Crippen molar-refractivity contribution in [3.63, 3.8) is 0 Å². The summed E-state index contributed by atoms with van der Waals surface area (Å²) in [5.41, 5.74) is 1.25. The lowest BCUT2D eigenvalue weighted by molar-refractivity contribution is 1.08. The van der Waals surface area contributed by atoms with Gasteiger partial charge in [-0.2, -0.15) is 11.2 Å². The third-order valence-corrected chi connectivity index (χ3v) is 47.8. The normalized spacial score (nSPS) is 46.1. The van der Waals surface area contributed by atoms with Crippen LogP contribution in [0.4, 0.5) is 0 Å². The zero-order valence-corrected chi connectivity index (χ0v) is 14.6. The van der Waals surface area contributed by atoms with Gasteiger partial charge in [-0.3, -0.25) is 0 Å². The molecule has 1 heterocycles. The SMILES string of the molecule is C[SiH2][Si]1(SC)CC([SiH3])C[SiH]1C. The fourth-order valence-electron chi connectivity index (χ4n) is 2.61. The van der Waals surface area contributed by atoms with E-state index in [0.717, 1.165) is 0 Å². The molecule has 3 atom stereocenters. The van der Waals surface area contributed by atoms with Crippen molar-refractivity contribution in [2.45, 2.75) is 30.7 Å². The average molecular weight is 237 g/mol. The number of rotatable bonds is 2. The second kappa shape index (κ2) is 3.95. The van der Waals surface area contributed by atoms with Gasteiger partial charge in [0.1, 0.15) is 0 Å². The monoisotopic (exact) mass is 236 g/mol. The predicted octanol–water partition coefficient (Wildman–Crippen LogP) is 0.111. The smallest absolute Gasteiger partial charge is 0.0904 e. The van der Waals surface area contributed by atoms with Crippen LogP contribution in [0, 0.1) is 0 Å². The number of hydrogen-bond donors (Lipinski definition) is 0. The fraction of sp³-hybridized carbons (Fsp3) is 1.00. The molecule has 0 aliphatic carbocycles. The van der Waals surface area contributed by atoms with Gasteiger partial charge in [0.2, 0.25) is 0 Å². The second-order valence-corrected chi connectivity index (χ2v) is 32.7. The molecule has 1 rings (SSSR count). The van der Waals surface area contributed by atoms with E-state index in [4.69, 9.17) is 0 Å². The molecule has 0 aromatic rings. The van der Waals surface area contributed by atoms with Crippen LogP contribution in [0.15, 0.2) is 0 Å². The highest BCUT2D eigenvalue weighted by molar-refractivity contribution is 8.39. The van der Waals surface area contributed by atoms with Gasteiger partial charge in [0, 0.05) is 27.6 Å². The van der Waals surface area contributed by atoms with Crippen molar-refractivity contribution >= 4 is 45.1 Å². The summed E-state index contributed by atoms with van der Waals surface area (Å²) >= 11 is 2.38. The summed E-state index contributed by atoms with van der Waals surface area (Å²) in [6.07, 6.45) is 1.90. The molecule has 1 saturated heterocycles. The van der Waals surface area contributed by atoms with Crippen LogP contribution < -0.4 is 0 Å². The standard InChI is InChI=1S/C6H20SSi4/c1-7-11(9-2)5-6(8)4-10(11)3/h6,10H,4-5,9H2,1-3,8H3. The van der Waals surface area contributed by atoms with Crippen molar-refractivity contribution in [1.82, 2.24) is 0 Å². The van der Waals surface area contributed by atoms with Crippen molar-refractivity contribution < 1.29 is 0 Å². The van der Waals surface area contributed by atoms with Gasteiger partial charge in [-0.15, -0.1) is 0 Å². The summed E-state index contributed by atoms with van der Waals surface area (Å²) in [6, 6.07) is 3.50. The Bertz CT molecular complexity index is 137. The first-order valence-corrected chi connectivity index (χ1v) is 17.5. The van der Waals surface area contributed by atoms with E-state index < -0.39 is 6.26 Å². The van der Waals surface area contributed by atoms with Crippen molar-refractivity contribution in [2.75, 3.05) is 6.26 Å². The molecule has 1 aliphatic heterocycles. The van der Waals surface area contributed by atoms with E-state index in [2.05, 4.69) is 30.6 Å². The zero-order chi connectivity index (χ0) is 8.48. The van der Waals surface area contributed by atoms with Crippen molar-refractivity contribution in [1.29, 1.82) is 0 Å². The minimum atomic E-state index is -0.518. The summed E-state index contributed by atoms with van der Waals surface area (Å²) in [7, 11) is 1.73. The molecular weight excluding hydrogens is 216 g/mol. The zero-order valence-electron chi connectivity index (χ0n) is 8.18. The Morgan fingerprint density at radius 2 is 2.36 bits per heavy atom. The van der Waals surface area contributed by atoms with Gasteiger partial charge < -0.3 is 0 Å². The average Bonchev–Trinajstić information content (AvgIpc) is 2.27. The maximum atomic E-state index is 2.68. The predicted molar refractivity (Wildman–Crippen MR) is 70.0 cm³/mol. The highest BCUT2D eigenvalue weighted by Crippen LogP contribution is 2.40. The van der Waals surface area contributed by atoms with Gasteiger partial charge >= 0.3 is 0 Å². The molecule has 5 heteroatoms. The minimum Gasteiger partial charge on any atom is -0.196 e. The van der Waals surface area contributed by atoms with Crippen LogP contribution in [0.5, 0.6) is 0 Å². The van der Waals surface area contributed by atoms with Crippen LogP contribution in [0.1, 0.15) is 0 Å². The summed E-state index contributed by atoms with van der Waals surface area (Å²) in [5, 5.41) is 0. The molecule has 0 amide bonds.